The molecule has 0 bridgehead atoms. The molecule has 0 fully saturated rings. The van der Waals surface area contributed by atoms with Crippen molar-refractivity contribution in [2.24, 2.45) is 5.73 Å². The van der Waals surface area contributed by atoms with Gasteiger partial charge in [0.1, 0.15) is 5.84 Å². The summed E-state index contributed by atoms with van der Waals surface area (Å²) in [6.07, 6.45) is 3.48. The summed E-state index contributed by atoms with van der Waals surface area (Å²) >= 11 is 0. The molecule has 17 heavy (non-hydrogen) atoms. The number of nitrogen functional groups attached to an aromatic ring is 1. The number of hydrogen-bond donors (Lipinski definition) is 2. The maximum Gasteiger partial charge on any atom is 0.124 e. The molecule has 4 nitrogen and oxygen atoms in total. The molecular formula is C13H14N4. The van der Waals surface area contributed by atoms with Crippen molar-refractivity contribution < 1.29 is 0 Å². The second kappa shape index (κ2) is 4.65. The minimum Gasteiger partial charge on any atom is -0.384 e. The molecule has 0 saturated heterocycles. The number of nitrogens with one attached hydrogen (secondary N) is 1. The molecule has 0 aliphatic heterocycles. The predicted molar refractivity (Wildman–Crippen MR) is 69.8 cm³/mol. The van der Waals surface area contributed by atoms with Crippen LogP contribution in [0.1, 0.15) is 5.56 Å². The number of nitrogens with zero attached hydrogens (tertiary/aromatic N) is 2. The first kappa shape index (κ1) is 11.1. The Morgan fingerprint density at radius 2 is 1.82 bits per heavy atom. The third kappa shape index (κ3) is 2.25. The van der Waals surface area contributed by atoms with Gasteiger partial charge in [-0.05, 0) is 24.3 Å². The fourth-order valence-electron chi connectivity index (χ4n) is 1.70. The van der Waals surface area contributed by atoms with E-state index in [1.165, 1.54) is 0 Å². The van der Waals surface area contributed by atoms with Crippen LogP contribution >= 0.6 is 0 Å². The Morgan fingerprint density at radius 1 is 1.18 bits per heavy atom. The Hall–Kier alpha value is -2.36. The predicted octanol–water partition coefficient (Wildman–Crippen LogP) is 2.13. The molecule has 4 heteroatoms. The Balaban J connectivity index is 2.44. The van der Waals surface area contributed by atoms with Crippen molar-refractivity contribution in [2.45, 2.75) is 0 Å². The van der Waals surface area contributed by atoms with Gasteiger partial charge in [-0.15, -0.1) is 0 Å². The summed E-state index contributed by atoms with van der Waals surface area (Å²) in [5.41, 5.74) is 8.22. The van der Waals surface area contributed by atoms with Crippen LogP contribution in [0.5, 0.6) is 0 Å². The first-order valence-electron chi connectivity index (χ1n) is 5.27. The highest BCUT2D eigenvalue weighted by molar-refractivity contribution is 6.01. The number of benzene rings is 1. The van der Waals surface area contributed by atoms with Crippen LogP contribution in [0, 0.1) is 5.41 Å². The van der Waals surface area contributed by atoms with Gasteiger partial charge < -0.3 is 10.6 Å². The van der Waals surface area contributed by atoms with E-state index in [9.17, 15) is 0 Å². The monoisotopic (exact) mass is 226 g/mol. The lowest BCUT2D eigenvalue weighted by atomic mass is 10.1. The van der Waals surface area contributed by atoms with Crippen LogP contribution in [0.15, 0.2) is 48.8 Å². The van der Waals surface area contributed by atoms with E-state index in [4.69, 9.17) is 11.1 Å². The number of aromatic nitrogens is 1. The number of nitrogens with two attached hydrogens (primary N) is 1. The zero-order valence-corrected chi connectivity index (χ0v) is 9.59. The van der Waals surface area contributed by atoms with Crippen LogP contribution in [0.2, 0.25) is 0 Å². The number of anilines is 2. The van der Waals surface area contributed by atoms with Gasteiger partial charge in [-0.3, -0.25) is 10.4 Å². The van der Waals surface area contributed by atoms with E-state index in [0.717, 1.165) is 16.9 Å². The van der Waals surface area contributed by atoms with E-state index in [2.05, 4.69) is 4.98 Å². The normalized spacial score (nSPS) is 9.94. The molecule has 2 rings (SSSR count). The van der Waals surface area contributed by atoms with Crippen LogP contribution in [0.4, 0.5) is 11.4 Å². The van der Waals surface area contributed by atoms with E-state index in [0.29, 0.717) is 0 Å². The summed E-state index contributed by atoms with van der Waals surface area (Å²) in [4.78, 5) is 5.97. The van der Waals surface area contributed by atoms with E-state index < -0.39 is 0 Å². The molecule has 0 amide bonds. The summed E-state index contributed by atoms with van der Waals surface area (Å²) in [6, 6.07) is 11.4. The topological polar surface area (TPSA) is 66.0 Å². The molecule has 0 atom stereocenters. The minimum absolute atomic E-state index is 0.0708. The molecule has 2 aromatic rings. The van der Waals surface area contributed by atoms with Crippen LogP contribution in [0.3, 0.4) is 0 Å². The van der Waals surface area contributed by atoms with Gasteiger partial charge in [0.05, 0.1) is 5.69 Å². The second-order valence-electron chi connectivity index (χ2n) is 3.70. The average molecular weight is 226 g/mol. The molecule has 0 unspecified atom stereocenters. The number of pyridine rings is 1. The van der Waals surface area contributed by atoms with Crippen molar-refractivity contribution in [1.29, 1.82) is 5.41 Å². The van der Waals surface area contributed by atoms with Crippen molar-refractivity contribution in [1.82, 2.24) is 4.98 Å². The van der Waals surface area contributed by atoms with Gasteiger partial charge in [0.25, 0.3) is 0 Å². The first-order valence-corrected chi connectivity index (χ1v) is 5.27. The highest BCUT2D eigenvalue weighted by Crippen LogP contribution is 2.25. The lowest BCUT2D eigenvalue weighted by Gasteiger charge is -2.21. The Morgan fingerprint density at radius 3 is 2.47 bits per heavy atom. The molecule has 1 aromatic heterocycles. The molecule has 0 spiro atoms. The molecule has 0 aliphatic carbocycles. The van der Waals surface area contributed by atoms with Crippen molar-refractivity contribution >= 4 is 17.2 Å². The summed E-state index contributed by atoms with van der Waals surface area (Å²) in [7, 11) is 1.94. The van der Waals surface area contributed by atoms with Gasteiger partial charge in [0, 0.05) is 30.7 Å². The fraction of sp³-hybridized carbons (Fsp3) is 0.0769. The maximum absolute atomic E-state index is 7.57. The third-order valence-corrected chi connectivity index (χ3v) is 2.61. The zero-order valence-electron chi connectivity index (χ0n) is 9.59. The van der Waals surface area contributed by atoms with Gasteiger partial charge in [0.15, 0.2) is 0 Å². The van der Waals surface area contributed by atoms with Crippen molar-refractivity contribution in [3.05, 3.63) is 54.4 Å². The number of para-hydroxylation sites is 1. The van der Waals surface area contributed by atoms with Crippen LogP contribution < -0.4 is 10.6 Å². The van der Waals surface area contributed by atoms with Gasteiger partial charge in [-0.2, -0.15) is 0 Å². The summed E-state index contributed by atoms with van der Waals surface area (Å²) in [5.74, 6) is 0.0708. The lowest BCUT2D eigenvalue weighted by Crippen LogP contribution is -2.18. The largest absolute Gasteiger partial charge is 0.384 e. The number of hydrogen-bond acceptors (Lipinski definition) is 3. The SMILES string of the molecule is CN(c1ccncc1)c1ccccc1C(=N)N. The van der Waals surface area contributed by atoms with Crippen molar-refractivity contribution in [3.63, 3.8) is 0 Å². The molecule has 1 heterocycles. The molecule has 86 valence electrons. The standard InChI is InChI=1S/C13H14N4/c1-17(10-6-8-16-9-7-10)12-5-3-2-4-11(12)13(14)15/h2-9H,1H3,(H3,14,15). The summed E-state index contributed by atoms with van der Waals surface area (Å²) < 4.78 is 0. The molecule has 0 saturated carbocycles. The van der Waals surface area contributed by atoms with E-state index in [1.54, 1.807) is 12.4 Å². The second-order valence-corrected chi connectivity index (χ2v) is 3.70. The quantitative estimate of drug-likeness (QED) is 0.622. The third-order valence-electron chi connectivity index (χ3n) is 2.61. The van der Waals surface area contributed by atoms with Crippen LogP contribution in [0.25, 0.3) is 0 Å². The molecule has 1 aromatic carbocycles. The lowest BCUT2D eigenvalue weighted by molar-refractivity contribution is 1.18. The molecule has 3 N–H and O–H groups in total. The maximum atomic E-state index is 7.57. The summed E-state index contributed by atoms with van der Waals surface area (Å²) in [5, 5.41) is 7.57. The highest BCUT2D eigenvalue weighted by atomic mass is 15.1. The van der Waals surface area contributed by atoms with Crippen molar-refractivity contribution in [2.75, 3.05) is 11.9 Å². The Kier molecular flexibility index (Phi) is 3.05. The van der Waals surface area contributed by atoms with E-state index in [-0.39, 0.29) is 5.84 Å². The number of amidine groups is 1. The summed E-state index contributed by atoms with van der Waals surface area (Å²) in [6.45, 7) is 0. The molecule has 0 aliphatic rings. The van der Waals surface area contributed by atoms with Crippen LogP contribution in [-0.2, 0) is 0 Å². The van der Waals surface area contributed by atoms with E-state index in [1.807, 2.05) is 48.3 Å². The van der Waals surface area contributed by atoms with Gasteiger partial charge >= 0.3 is 0 Å². The van der Waals surface area contributed by atoms with Gasteiger partial charge in [0.2, 0.25) is 0 Å². The van der Waals surface area contributed by atoms with Gasteiger partial charge in [-0.1, -0.05) is 12.1 Å². The first-order chi connectivity index (χ1) is 8.20. The average Bonchev–Trinajstić information content (AvgIpc) is 2.39. The highest BCUT2D eigenvalue weighted by Gasteiger charge is 2.10. The molecular weight excluding hydrogens is 212 g/mol. The Bertz CT molecular complexity index is 522. The van der Waals surface area contributed by atoms with Gasteiger partial charge in [-0.25, -0.2) is 0 Å². The molecule has 0 radical (unpaired) electrons. The fourth-order valence-corrected chi connectivity index (χ4v) is 1.70. The minimum atomic E-state index is 0.0708. The number of rotatable bonds is 3. The Labute approximate surface area is 100 Å². The zero-order chi connectivity index (χ0) is 12.3. The smallest absolute Gasteiger partial charge is 0.124 e. The van der Waals surface area contributed by atoms with Crippen LogP contribution in [-0.4, -0.2) is 17.9 Å². The van der Waals surface area contributed by atoms with Crippen molar-refractivity contribution in [3.8, 4) is 0 Å². The van der Waals surface area contributed by atoms with E-state index >= 15 is 0 Å².